The second-order valence-electron chi connectivity index (χ2n) is 6.86. The van der Waals surface area contributed by atoms with Crippen molar-refractivity contribution in [3.63, 3.8) is 0 Å². The van der Waals surface area contributed by atoms with Gasteiger partial charge in [0, 0.05) is 44.3 Å². The van der Waals surface area contributed by atoms with Crippen LogP contribution in [0.1, 0.15) is 25.5 Å². The Kier molecular flexibility index (Phi) is 7.34. The molecule has 2 N–H and O–H groups in total. The zero-order valence-electron chi connectivity index (χ0n) is 14.9. The summed E-state index contributed by atoms with van der Waals surface area (Å²) in [5, 5.41) is 6.67. The second kappa shape index (κ2) is 9.25. The molecule has 0 radical (unpaired) electrons. The topological polar surface area (TPSA) is 47.6 Å². The SMILES string of the molecule is CC(C)CNC(=O)NCC(c1ccccc1Cl)N1CCN(C)CC1. The molecule has 6 heteroatoms. The summed E-state index contributed by atoms with van der Waals surface area (Å²) >= 11 is 6.42. The van der Waals surface area contributed by atoms with E-state index in [4.69, 9.17) is 11.6 Å². The first kappa shape index (κ1) is 19.0. The monoisotopic (exact) mass is 352 g/mol. The van der Waals surface area contributed by atoms with E-state index in [2.05, 4.69) is 47.4 Å². The van der Waals surface area contributed by atoms with E-state index in [9.17, 15) is 4.79 Å². The molecule has 1 heterocycles. The van der Waals surface area contributed by atoms with Crippen molar-refractivity contribution in [1.82, 2.24) is 20.4 Å². The van der Waals surface area contributed by atoms with E-state index in [1.807, 2.05) is 18.2 Å². The number of piperazine rings is 1. The van der Waals surface area contributed by atoms with Gasteiger partial charge in [-0.15, -0.1) is 0 Å². The summed E-state index contributed by atoms with van der Waals surface area (Å²) < 4.78 is 0. The van der Waals surface area contributed by atoms with Gasteiger partial charge < -0.3 is 15.5 Å². The highest BCUT2D eigenvalue weighted by atomic mass is 35.5. The van der Waals surface area contributed by atoms with Crippen molar-refractivity contribution in [2.24, 2.45) is 5.92 Å². The van der Waals surface area contributed by atoms with Crippen molar-refractivity contribution in [1.29, 1.82) is 0 Å². The molecule has 0 saturated carbocycles. The molecule has 0 bridgehead atoms. The minimum Gasteiger partial charge on any atom is -0.338 e. The molecule has 1 atom stereocenters. The number of hydrogen-bond donors (Lipinski definition) is 2. The summed E-state index contributed by atoms with van der Waals surface area (Å²) in [6.45, 7) is 9.40. The normalized spacial score (nSPS) is 17.7. The van der Waals surface area contributed by atoms with E-state index in [-0.39, 0.29) is 12.1 Å². The van der Waals surface area contributed by atoms with Crippen LogP contribution in [0, 0.1) is 5.92 Å². The van der Waals surface area contributed by atoms with Crippen molar-refractivity contribution in [3.05, 3.63) is 34.9 Å². The molecule has 1 saturated heterocycles. The fourth-order valence-corrected chi connectivity index (χ4v) is 3.13. The maximum atomic E-state index is 12.0. The van der Waals surface area contributed by atoms with Crippen molar-refractivity contribution in [3.8, 4) is 0 Å². The molecular formula is C18H29ClN4O. The number of nitrogens with one attached hydrogen (secondary N) is 2. The Labute approximate surface area is 150 Å². The summed E-state index contributed by atoms with van der Waals surface area (Å²) in [6, 6.07) is 7.89. The van der Waals surface area contributed by atoms with Crippen LogP contribution in [0.4, 0.5) is 4.79 Å². The van der Waals surface area contributed by atoms with Gasteiger partial charge in [-0.3, -0.25) is 4.90 Å². The molecule has 24 heavy (non-hydrogen) atoms. The van der Waals surface area contributed by atoms with Crippen LogP contribution < -0.4 is 10.6 Å². The third-order valence-corrected chi connectivity index (χ3v) is 4.71. The van der Waals surface area contributed by atoms with E-state index in [1.54, 1.807) is 0 Å². The minimum atomic E-state index is -0.116. The van der Waals surface area contributed by atoms with E-state index in [0.717, 1.165) is 36.8 Å². The molecule has 2 rings (SSSR count). The fourth-order valence-electron chi connectivity index (χ4n) is 2.86. The Bertz CT molecular complexity index is 530. The van der Waals surface area contributed by atoms with Crippen LogP contribution in [0.3, 0.4) is 0 Å². The summed E-state index contributed by atoms with van der Waals surface area (Å²) in [4.78, 5) is 16.8. The predicted octanol–water partition coefficient (Wildman–Crippen LogP) is 2.58. The Morgan fingerprint density at radius 3 is 2.38 bits per heavy atom. The number of urea groups is 1. The molecule has 1 aromatic carbocycles. The van der Waals surface area contributed by atoms with Gasteiger partial charge in [0.1, 0.15) is 0 Å². The highest BCUT2D eigenvalue weighted by Gasteiger charge is 2.25. The Morgan fingerprint density at radius 1 is 1.12 bits per heavy atom. The van der Waals surface area contributed by atoms with Crippen molar-refractivity contribution < 1.29 is 4.79 Å². The molecule has 1 fully saturated rings. The Morgan fingerprint density at radius 2 is 1.75 bits per heavy atom. The van der Waals surface area contributed by atoms with Crippen LogP contribution in [0.15, 0.2) is 24.3 Å². The minimum absolute atomic E-state index is 0.0946. The van der Waals surface area contributed by atoms with Crippen LogP contribution in [-0.2, 0) is 0 Å². The molecule has 5 nitrogen and oxygen atoms in total. The highest BCUT2D eigenvalue weighted by molar-refractivity contribution is 6.31. The second-order valence-corrected chi connectivity index (χ2v) is 7.27. The van der Waals surface area contributed by atoms with Crippen LogP contribution in [0.2, 0.25) is 5.02 Å². The first-order chi connectivity index (χ1) is 11.5. The molecule has 134 valence electrons. The summed E-state index contributed by atoms with van der Waals surface area (Å²) in [5.74, 6) is 0.438. The number of carbonyl (C=O) groups is 1. The smallest absolute Gasteiger partial charge is 0.314 e. The van der Waals surface area contributed by atoms with Crippen molar-refractivity contribution in [2.45, 2.75) is 19.9 Å². The van der Waals surface area contributed by atoms with Crippen LogP contribution >= 0.6 is 11.6 Å². The van der Waals surface area contributed by atoms with Gasteiger partial charge in [-0.05, 0) is 24.6 Å². The summed E-state index contributed by atoms with van der Waals surface area (Å²) in [7, 11) is 2.14. The summed E-state index contributed by atoms with van der Waals surface area (Å²) in [6.07, 6.45) is 0. The van der Waals surface area contributed by atoms with Crippen molar-refractivity contribution in [2.75, 3.05) is 46.3 Å². The fraction of sp³-hybridized carbons (Fsp3) is 0.611. The van der Waals surface area contributed by atoms with Gasteiger partial charge in [-0.25, -0.2) is 4.79 Å². The molecule has 1 unspecified atom stereocenters. The lowest BCUT2D eigenvalue weighted by Crippen LogP contribution is -2.49. The largest absolute Gasteiger partial charge is 0.338 e. The average Bonchev–Trinajstić information content (AvgIpc) is 2.56. The third-order valence-electron chi connectivity index (χ3n) is 4.37. The predicted molar refractivity (Wildman–Crippen MR) is 99.5 cm³/mol. The van der Waals surface area contributed by atoms with Gasteiger partial charge in [0.05, 0.1) is 6.04 Å². The van der Waals surface area contributed by atoms with E-state index < -0.39 is 0 Å². The van der Waals surface area contributed by atoms with Gasteiger partial charge in [-0.1, -0.05) is 43.6 Å². The van der Waals surface area contributed by atoms with Gasteiger partial charge >= 0.3 is 6.03 Å². The number of benzene rings is 1. The lowest BCUT2D eigenvalue weighted by Gasteiger charge is -2.38. The van der Waals surface area contributed by atoms with Crippen LogP contribution in [0.25, 0.3) is 0 Å². The average molecular weight is 353 g/mol. The standard InChI is InChI=1S/C18H29ClN4O/c1-14(2)12-20-18(24)21-13-17(15-6-4-5-7-16(15)19)23-10-8-22(3)9-11-23/h4-7,14,17H,8-13H2,1-3H3,(H2,20,21,24). The van der Waals surface area contributed by atoms with Crippen LogP contribution in [0.5, 0.6) is 0 Å². The van der Waals surface area contributed by atoms with Gasteiger partial charge in [-0.2, -0.15) is 0 Å². The molecule has 1 aliphatic heterocycles. The summed E-state index contributed by atoms with van der Waals surface area (Å²) in [5.41, 5.74) is 1.08. The lowest BCUT2D eigenvalue weighted by molar-refractivity contribution is 0.111. The number of halogens is 1. The van der Waals surface area contributed by atoms with Gasteiger partial charge in [0.25, 0.3) is 0 Å². The number of nitrogens with zero attached hydrogens (tertiary/aromatic N) is 2. The van der Waals surface area contributed by atoms with Crippen LogP contribution in [-0.4, -0.2) is 62.1 Å². The molecule has 0 aliphatic carbocycles. The van der Waals surface area contributed by atoms with Crippen molar-refractivity contribution >= 4 is 17.6 Å². The number of hydrogen-bond acceptors (Lipinski definition) is 3. The van der Waals surface area contributed by atoms with E-state index in [1.165, 1.54) is 0 Å². The maximum Gasteiger partial charge on any atom is 0.314 e. The molecular weight excluding hydrogens is 324 g/mol. The quantitative estimate of drug-likeness (QED) is 0.827. The first-order valence-electron chi connectivity index (χ1n) is 8.66. The van der Waals surface area contributed by atoms with Gasteiger partial charge in [0.15, 0.2) is 0 Å². The molecule has 2 amide bonds. The number of likely N-dealkylation sites (N-methyl/N-ethyl adjacent to an activating group) is 1. The lowest BCUT2D eigenvalue weighted by atomic mass is 10.0. The van der Waals surface area contributed by atoms with Gasteiger partial charge in [0.2, 0.25) is 0 Å². The molecule has 1 aliphatic rings. The number of amides is 2. The molecule has 0 aromatic heterocycles. The zero-order chi connectivity index (χ0) is 17.5. The highest BCUT2D eigenvalue weighted by Crippen LogP contribution is 2.27. The zero-order valence-corrected chi connectivity index (χ0v) is 15.6. The van der Waals surface area contributed by atoms with E-state index >= 15 is 0 Å². The first-order valence-corrected chi connectivity index (χ1v) is 9.04. The molecule has 1 aromatic rings. The Hall–Kier alpha value is -1.30. The molecule has 0 spiro atoms. The third kappa shape index (κ3) is 5.65. The van der Waals surface area contributed by atoms with E-state index in [0.29, 0.717) is 19.0 Å². The maximum absolute atomic E-state index is 12.0. The Balaban J connectivity index is 2.03. The number of rotatable bonds is 6. The number of carbonyl (C=O) groups excluding carboxylic acids is 1.